The molecule has 1 saturated heterocycles. The highest BCUT2D eigenvalue weighted by Gasteiger charge is 2.62. The zero-order valence-electron chi connectivity index (χ0n) is 31.0. The second kappa shape index (κ2) is 17.3. The van der Waals surface area contributed by atoms with Crippen LogP contribution in [0.25, 0.3) is 5.52 Å². The summed E-state index contributed by atoms with van der Waals surface area (Å²) in [5.74, 6) is -3.00. The van der Waals surface area contributed by atoms with Gasteiger partial charge in [-0.2, -0.15) is 15.4 Å². The van der Waals surface area contributed by atoms with Crippen molar-refractivity contribution in [1.29, 1.82) is 5.26 Å². The van der Waals surface area contributed by atoms with E-state index >= 15 is 0 Å². The van der Waals surface area contributed by atoms with Crippen molar-refractivity contribution in [2.24, 2.45) is 23.5 Å². The van der Waals surface area contributed by atoms with Crippen LogP contribution in [0, 0.1) is 29.1 Å². The number of nitriles is 1. The Balaban J connectivity index is 1.48. The van der Waals surface area contributed by atoms with Crippen LogP contribution in [0.15, 0.2) is 48.8 Å². The third kappa shape index (κ3) is 9.37. The van der Waals surface area contributed by atoms with Gasteiger partial charge < -0.3 is 34.9 Å². The fraction of sp³-hybridized carbons (Fsp3) is 0.556. The molecule has 1 aliphatic carbocycles. The third-order valence-electron chi connectivity index (χ3n) is 9.30. The number of para-hydroxylation sites is 1. The zero-order valence-corrected chi connectivity index (χ0v) is 31.8. The summed E-state index contributed by atoms with van der Waals surface area (Å²) < 4.78 is 51.6. The van der Waals surface area contributed by atoms with Crippen LogP contribution in [0.4, 0.5) is 5.82 Å². The number of anilines is 1. The Morgan fingerprint density at radius 1 is 1.02 bits per heavy atom. The van der Waals surface area contributed by atoms with Crippen LogP contribution in [-0.4, -0.2) is 75.6 Å². The summed E-state index contributed by atoms with van der Waals surface area (Å²) in [6.45, 7) is 7.15. The predicted octanol–water partition coefficient (Wildman–Crippen LogP) is 4.02. The first-order chi connectivity index (χ1) is 25.6. The summed E-state index contributed by atoms with van der Waals surface area (Å²) in [4.78, 5) is 43.5. The van der Waals surface area contributed by atoms with Crippen molar-refractivity contribution in [2.45, 2.75) is 96.3 Å². The molecule has 3 aromatic rings. The predicted molar refractivity (Wildman–Crippen MR) is 193 cm³/mol. The minimum absolute atomic E-state index is 0.118. The first-order valence-corrected chi connectivity index (χ1v) is 19.5. The molecule has 1 aromatic carbocycles. The van der Waals surface area contributed by atoms with Crippen LogP contribution in [0.5, 0.6) is 5.75 Å². The van der Waals surface area contributed by atoms with Crippen LogP contribution in [0.3, 0.4) is 0 Å². The number of hydrogen-bond acceptors (Lipinski definition) is 15. The van der Waals surface area contributed by atoms with Crippen molar-refractivity contribution in [3.05, 3.63) is 54.5 Å². The molecule has 3 heterocycles. The van der Waals surface area contributed by atoms with Gasteiger partial charge in [0.25, 0.3) is 0 Å². The number of nitrogens with two attached hydrogens (primary N) is 2. The standard InChI is InChI=1S/C36H48N7O10P/c1-21(2)33(44)50-30-29(27-15-16-28-32(39)40-20-41-43(27)28)52-36(18-37,31(30)51-34(45)22(3)4)19-49-54(47,53-26-9-7-6-8-10-26)42-23(5)35(46)48-17-24-11-13-25(38)14-12-24/h6-10,15-16,20-25,29-31H,11-14,17,19,38H2,1-5H3,(H,42,47)(H2,39,40,41)/t23-,24-,25-,29-,30-,31-,36+,54?/m0/s1. The van der Waals surface area contributed by atoms with Crippen molar-refractivity contribution >= 4 is 37.0 Å². The summed E-state index contributed by atoms with van der Waals surface area (Å²) in [7, 11) is -4.58. The lowest BCUT2D eigenvalue weighted by Crippen LogP contribution is -2.50. The van der Waals surface area contributed by atoms with Crippen LogP contribution < -0.4 is 21.1 Å². The van der Waals surface area contributed by atoms with E-state index in [-0.39, 0.29) is 35.8 Å². The highest BCUT2D eigenvalue weighted by atomic mass is 31.2. The molecule has 0 spiro atoms. The molecule has 292 valence electrons. The van der Waals surface area contributed by atoms with E-state index in [1.807, 2.05) is 6.07 Å². The van der Waals surface area contributed by atoms with E-state index in [9.17, 15) is 24.2 Å². The molecular formula is C36H48N7O10P. The van der Waals surface area contributed by atoms with Gasteiger partial charge in [-0.1, -0.05) is 45.9 Å². The Morgan fingerprint density at radius 2 is 1.69 bits per heavy atom. The maximum absolute atomic E-state index is 14.6. The van der Waals surface area contributed by atoms with E-state index in [0.717, 1.165) is 25.7 Å². The van der Waals surface area contributed by atoms with Crippen molar-refractivity contribution < 1.29 is 46.9 Å². The number of carbonyl (C=O) groups excluding carboxylic acids is 3. The lowest BCUT2D eigenvalue weighted by Gasteiger charge is -2.31. The molecule has 2 aliphatic rings. The number of aromatic nitrogens is 3. The quantitative estimate of drug-likeness (QED) is 0.112. The number of nitrogens with zero attached hydrogens (tertiary/aromatic N) is 4. The highest BCUT2D eigenvalue weighted by Crippen LogP contribution is 2.50. The average molecular weight is 770 g/mol. The number of benzene rings is 1. The Labute approximate surface area is 313 Å². The maximum atomic E-state index is 14.6. The molecule has 0 bridgehead atoms. The Kier molecular flexibility index (Phi) is 13.0. The van der Waals surface area contributed by atoms with Crippen molar-refractivity contribution in [3.8, 4) is 11.8 Å². The summed E-state index contributed by atoms with van der Waals surface area (Å²) in [6, 6.07) is 12.2. The SMILES string of the molecule is CC(C)C(=O)O[C@H]1[C@H](c2ccc3c(N)ncnn23)O[C@](C#N)(COP(=O)(N[C@@H](C)C(=O)OC[C@H]2CC[C@H](N)CC2)Oc2ccccc2)[C@H]1OC(=O)C(C)C. The van der Waals surface area contributed by atoms with Gasteiger partial charge >= 0.3 is 25.7 Å². The average Bonchev–Trinajstić information content (AvgIpc) is 3.70. The highest BCUT2D eigenvalue weighted by molar-refractivity contribution is 7.52. The summed E-state index contributed by atoms with van der Waals surface area (Å²) >= 11 is 0. The van der Waals surface area contributed by atoms with Gasteiger partial charge in [0.1, 0.15) is 42.4 Å². The first kappa shape index (κ1) is 40.6. The summed E-state index contributed by atoms with van der Waals surface area (Å²) in [6.07, 6.45) is 0.192. The van der Waals surface area contributed by atoms with Gasteiger partial charge in [-0.15, -0.1) is 0 Å². The molecule has 5 N–H and O–H groups in total. The minimum atomic E-state index is -4.58. The zero-order chi connectivity index (χ0) is 39.2. The van der Waals surface area contributed by atoms with Gasteiger partial charge in [0.2, 0.25) is 5.60 Å². The number of fused-ring (bicyclic) bond motifs is 1. The molecule has 2 aromatic heterocycles. The molecule has 1 saturated carbocycles. The number of nitrogen functional groups attached to an aromatic ring is 1. The van der Waals surface area contributed by atoms with E-state index in [2.05, 4.69) is 15.2 Å². The second-order valence-electron chi connectivity index (χ2n) is 14.2. The van der Waals surface area contributed by atoms with Crippen molar-refractivity contribution in [1.82, 2.24) is 19.7 Å². The normalized spacial score (nSPS) is 25.8. The van der Waals surface area contributed by atoms with E-state index in [4.69, 9.17) is 39.5 Å². The number of carbonyl (C=O) groups is 3. The molecule has 54 heavy (non-hydrogen) atoms. The number of nitrogens with one attached hydrogen (secondary N) is 1. The number of hydrogen-bond donors (Lipinski definition) is 3. The third-order valence-corrected chi connectivity index (χ3v) is 10.9. The van der Waals surface area contributed by atoms with Gasteiger partial charge in [0.15, 0.2) is 18.0 Å². The number of esters is 3. The molecule has 1 aliphatic heterocycles. The van der Waals surface area contributed by atoms with Gasteiger partial charge in [0, 0.05) is 6.04 Å². The Bertz CT molecular complexity index is 1880. The van der Waals surface area contributed by atoms with Crippen LogP contribution in [0.1, 0.15) is 72.1 Å². The molecule has 6 atom stereocenters. The maximum Gasteiger partial charge on any atom is 0.459 e. The lowest BCUT2D eigenvalue weighted by molar-refractivity contribution is -0.173. The second-order valence-corrected chi connectivity index (χ2v) is 15.9. The van der Waals surface area contributed by atoms with E-state index in [1.54, 1.807) is 58.0 Å². The molecule has 1 unspecified atom stereocenters. The number of rotatable bonds is 15. The Hall–Kier alpha value is -4.59. The largest absolute Gasteiger partial charge is 0.464 e. The monoisotopic (exact) mass is 769 g/mol. The van der Waals surface area contributed by atoms with Crippen molar-refractivity contribution in [2.75, 3.05) is 18.9 Å². The summed E-state index contributed by atoms with van der Waals surface area (Å²) in [5, 5.41) is 17.8. The van der Waals surface area contributed by atoms with Crippen LogP contribution >= 0.6 is 7.75 Å². The first-order valence-electron chi connectivity index (χ1n) is 17.9. The topological polar surface area (TPSA) is 242 Å². The van der Waals surface area contributed by atoms with Crippen LogP contribution in [0.2, 0.25) is 0 Å². The van der Waals surface area contributed by atoms with Crippen molar-refractivity contribution in [3.63, 3.8) is 0 Å². The van der Waals surface area contributed by atoms with Gasteiger partial charge in [-0.25, -0.2) is 14.1 Å². The lowest BCUT2D eigenvalue weighted by atomic mass is 9.87. The van der Waals surface area contributed by atoms with E-state index < -0.39 is 74.1 Å². The minimum Gasteiger partial charge on any atom is -0.464 e. The summed E-state index contributed by atoms with van der Waals surface area (Å²) in [5.41, 5.74) is 10.5. The fourth-order valence-electron chi connectivity index (χ4n) is 6.12. The molecule has 0 amide bonds. The van der Waals surface area contributed by atoms with Crippen LogP contribution in [-0.2, 0) is 42.4 Å². The molecule has 17 nitrogen and oxygen atoms in total. The molecule has 2 fully saturated rings. The molecule has 5 rings (SSSR count). The molecule has 0 radical (unpaired) electrons. The fourth-order valence-corrected chi connectivity index (χ4v) is 7.64. The molecule has 18 heteroatoms. The van der Waals surface area contributed by atoms with Gasteiger partial charge in [-0.05, 0) is 62.8 Å². The Morgan fingerprint density at radius 3 is 2.33 bits per heavy atom. The van der Waals surface area contributed by atoms with E-state index in [0.29, 0.717) is 5.52 Å². The van der Waals surface area contributed by atoms with Gasteiger partial charge in [0.05, 0.1) is 24.1 Å². The van der Waals surface area contributed by atoms with E-state index in [1.165, 1.54) is 29.9 Å². The van der Waals surface area contributed by atoms with Gasteiger partial charge in [-0.3, -0.25) is 18.9 Å². The smallest absolute Gasteiger partial charge is 0.459 e. The number of ether oxygens (including phenoxy) is 4. The molecular weight excluding hydrogens is 721 g/mol.